The summed E-state index contributed by atoms with van der Waals surface area (Å²) in [5.74, 6) is 0.782. The summed E-state index contributed by atoms with van der Waals surface area (Å²) in [6.07, 6.45) is 0.470. The third-order valence-corrected chi connectivity index (χ3v) is 5.96. The predicted molar refractivity (Wildman–Crippen MR) is 130 cm³/mol. The van der Waals surface area contributed by atoms with Crippen LogP contribution in [-0.4, -0.2) is 30.6 Å². The standard InChI is InChI=1S/C16H11FN2O3S.C9H10O2/c17-12-4-2-10(18-8-20)6-13(12)19-16(22)15-5-9-1-3-11(21)7-14(9)23-15;1-7-2-3-8-9(6-7)11-5-4-10-8/h1-8,21H,(H,18,20)(H,19,22);2-3,6H,4-5H2,1H3. The molecule has 0 unspecified atom stereocenters. The molecule has 9 heteroatoms. The lowest BCUT2D eigenvalue weighted by atomic mass is 10.2. The van der Waals surface area contributed by atoms with Gasteiger partial charge in [0.1, 0.15) is 24.8 Å². The number of benzene rings is 3. The Morgan fingerprint density at radius 2 is 1.82 bits per heavy atom. The average molecular weight is 481 g/mol. The van der Waals surface area contributed by atoms with Crippen LogP contribution in [0.3, 0.4) is 0 Å². The monoisotopic (exact) mass is 480 g/mol. The van der Waals surface area contributed by atoms with Gasteiger partial charge in [-0.05, 0) is 72.5 Å². The van der Waals surface area contributed by atoms with E-state index in [2.05, 4.69) is 10.6 Å². The van der Waals surface area contributed by atoms with Gasteiger partial charge in [-0.25, -0.2) is 4.39 Å². The number of phenolic OH excluding ortho intramolecular Hbond substituents is 1. The van der Waals surface area contributed by atoms with E-state index in [1.165, 1.54) is 35.1 Å². The molecule has 0 radical (unpaired) electrons. The number of thiophene rings is 1. The number of rotatable bonds is 4. The first kappa shape index (κ1) is 23.1. The first-order chi connectivity index (χ1) is 16.4. The molecule has 4 aromatic rings. The number of nitrogens with one attached hydrogen (secondary N) is 2. The summed E-state index contributed by atoms with van der Waals surface area (Å²) in [5.41, 5.74) is 1.55. The summed E-state index contributed by atoms with van der Waals surface area (Å²) >= 11 is 1.19. The van der Waals surface area contributed by atoms with Crippen LogP contribution in [0.1, 0.15) is 15.2 Å². The van der Waals surface area contributed by atoms with Gasteiger partial charge in [0.2, 0.25) is 6.41 Å². The van der Waals surface area contributed by atoms with E-state index in [0.29, 0.717) is 30.2 Å². The van der Waals surface area contributed by atoms with Crippen molar-refractivity contribution in [2.24, 2.45) is 0 Å². The van der Waals surface area contributed by atoms with E-state index in [4.69, 9.17) is 9.47 Å². The zero-order valence-electron chi connectivity index (χ0n) is 18.1. The number of fused-ring (bicyclic) bond motifs is 2. The molecule has 0 fully saturated rings. The first-order valence-corrected chi connectivity index (χ1v) is 11.1. The van der Waals surface area contributed by atoms with E-state index >= 15 is 0 Å². The molecular weight excluding hydrogens is 459 g/mol. The summed E-state index contributed by atoms with van der Waals surface area (Å²) in [6.45, 7) is 3.37. The van der Waals surface area contributed by atoms with Crippen molar-refractivity contribution in [3.05, 3.63) is 76.9 Å². The highest BCUT2D eigenvalue weighted by atomic mass is 32.1. The van der Waals surface area contributed by atoms with Crippen LogP contribution in [0.25, 0.3) is 10.1 Å². The number of phenols is 1. The number of hydrogen-bond acceptors (Lipinski definition) is 6. The summed E-state index contributed by atoms with van der Waals surface area (Å²) in [4.78, 5) is 23.1. The number of halogens is 1. The molecule has 0 saturated heterocycles. The van der Waals surface area contributed by atoms with Crippen LogP contribution >= 0.6 is 11.3 Å². The molecule has 3 N–H and O–H groups in total. The minimum atomic E-state index is -0.603. The number of amides is 2. The molecular formula is C25H21FN2O5S. The van der Waals surface area contributed by atoms with Gasteiger partial charge in [-0.3, -0.25) is 9.59 Å². The second-order valence-corrected chi connectivity index (χ2v) is 8.47. The molecule has 1 aromatic heterocycles. The summed E-state index contributed by atoms with van der Waals surface area (Å²) < 4.78 is 25.3. The second-order valence-electron chi connectivity index (χ2n) is 7.39. The zero-order chi connectivity index (χ0) is 24.1. The van der Waals surface area contributed by atoms with Gasteiger partial charge in [0, 0.05) is 10.4 Å². The molecule has 2 amide bonds. The van der Waals surface area contributed by atoms with Gasteiger partial charge >= 0.3 is 0 Å². The van der Waals surface area contributed by atoms with Crippen LogP contribution in [0.4, 0.5) is 15.8 Å². The lowest BCUT2D eigenvalue weighted by Gasteiger charge is -2.18. The van der Waals surface area contributed by atoms with E-state index in [0.717, 1.165) is 27.7 Å². The van der Waals surface area contributed by atoms with E-state index in [9.17, 15) is 19.1 Å². The molecule has 174 valence electrons. The predicted octanol–water partition coefficient (Wildman–Crippen LogP) is 5.33. The Morgan fingerprint density at radius 3 is 2.62 bits per heavy atom. The van der Waals surface area contributed by atoms with Crippen molar-refractivity contribution in [1.82, 2.24) is 0 Å². The van der Waals surface area contributed by atoms with Gasteiger partial charge in [-0.2, -0.15) is 0 Å². The third kappa shape index (κ3) is 5.44. The van der Waals surface area contributed by atoms with Gasteiger partial charge in [0.05, 0.1) is 10.6 Å². The average Bonchev–Trinajstić information content (AvgIpc) is 3.25. The second kappa shape index (κ2) is 10.2. The zero-order valence-corrected chi connectivity index (χ0v) is 18.9. The van der Waals surface area contributed by atoms with Crippen LogP contribution in [0.15, 0.2) is 60.7 Å². The van der Waals surface area contributed by atoms with E-state index < -0.39 is 11.7 Å². The fourth-order valence-electron chi connectivity index (χ4n) is 3.25. The Morgan fingerprint density at radius 1 is 1.03 bits per heavy atom. The van der Waals surface area contributed by atoms with Crippen molar-refractivity contribution in [3.63, 3.8) is 0 Å². The molecule has 34 heavy (non-hydrogen) atoms. The Balaban J connectivity index is 0.000000207. The van der Waals surface area contributed by atoms with Crippen molar-refractivity contribution in [2.45, 2.75) is 6.92 Å². The van der Waals surface area contributed by atoms with E-state index in [1.807, 2.05) is 25.1 Å². The molecule has 0 bridgehead atoms. The Bertz CT molecular complexity index is 1350. The van der Waals surface area contributed by atoms with Gasteiger partial charge in [-0.15, -0.1) is 11.3 Å². The number of carbonyl (C=O) groups is 2. The van der Waals surface area contributed by atoms with Gasteiger partial charge in [0.25, 0.3) is 5.91 Å². The van der Waals surface area contributed by atoms with Crippen molar-refractivity contribution in [2.75, 3.05) is 23.8 Å². The molecule has 0 saturated carbocycles. The van der Waals surface area contributed by atoms with Crippen molar-refractivity contribution in [3.8, 4) is 17.2 Å². The van der Waals surface area contributed by atoms with Gasteiger partial charge in [-0.1, -0.05) is 6.07 Å². The Kier molecular flexibility index (Phi) is 6.93. The molecule has 1 aliphatic rings. The van der Waals surface area contributed by atoms with E-state index in [-0.39, 0.29) is 11.4 Å². The normalized spacial score (nSPS) is 11.8. The molecule has 3 aromatic carbocycles. The lowest BCUT2D eigenvalue weighted by molar-refractivity contribution is -0.105. The van der Waals surface area contributed by atoms with Crippen LogP contribution in [-0.2, 0) is 4.79 Å². The highest BCUT2D eigenvalue weighted by Crippen LogP contribution is 2.31. The van der Waals surface area contributed by atoms with E-state index in [1.54, 1.807) is 18.2 Å². The number of aryl methyl sites for hydroxylation is 1. The van der Waals surface area contributed by atoms with Gasteiger partial charge in [0.15, 0.2) is 11.5 Å². The molecule has 0 aliphatic carbocycles. The fourth-order valence-corrected chi connectivity index (χ4v) is 4.24. The number of anilines is 2. The van der Waals surface area contributed by atoms with Crippen molar-refractivity contribution < 1.29 is 28.6 Å². The fraction of sp³-hybridized carbons (Fsp3) is 0.120. The largest absolute Gasteiger partial charge is 0.508 e. The first-order valence-electron chi connectivity index (χ1n) is 10.3. The molecule has 7 nitrogen and oxygen atoms in total. The number of hydrogen-bond donors (Lipinski definition) is 3. The minimum Gasteiger partial charge on any atom is -0.508 e. The minimum absolute atomic E-state index is 0.0258. The SMILES string of the molecule is Cc1ccc2c(c1)OCCO2.O=CNc1ccc(F)c(NC(=O)c2cc3ccc(O)cc3s2)c1. The van der Waals surface area contributed by atoms with Crippen LogP contribution in [0.2, 0.25) is 0 Å². The summed E-state index contributed by atoms with van der Waals surface area (Å²) in [6, 6.07) is 16.3. The molecule has 0 spiro atoms. The lowest BCUT2D eigenvalue weighted by Crippen LogP contribution is -2.15. The Hall–Kier alpha value is -4.11. The smallest absolute Gasteiger partial charge is 0.265 e. The Labute approximate surface area is 198 Å². The van der Waals surface area contributed by atoms with Crippen molar-refractivity contribution in [1.29, 1.82) is 0 Å². The van der Waals surface area contributed by atoms with Gasteiger partial charge < -0.3 is 25.2 Å². The summed E-state index contributed by atoms with van der Waals surface area (Å²) in [7, 11) is 0. The third-order valence-electron chi connectivity index (χ3n) is 4.87. The highest BCUT2D eigenvalue weighted by Gasteiger charge is 2.14. The molecule has 1 aliphatic heterocycles. The molecule has 5 rings (SSSR count). The quantitative estimate of drug-likeness (QED) is 0.343. The van der Waals surface area contributed by atoms with Crippen LogP contribution in [0.5, 0.6) is 17.2 Å². The maximum absolute atomic E-state index is 13.8. The van der Waals surface area contributed by atoms with Crippen molar-refractivity contribution >= 4 is 45.1 Å². The number of aromatic hydroxyl groups is 1. The highest BCUT2D eigenvalue weighted by molar-refractivity contribution is 7.20. The maximum Gasteiger partial charge on any atom is 0.265 e. The van der Waals surface area contributed by atoms with Crippen LogP contribution in [0, 0.1) is 12.7 Å². The molecule has 0 atom stereocenters. The topological polar surface area (TPSA) is 96.9 Å². The number of carbonyl (C=O) groups excluding carboxylic acids is 2. The van der Waals surface area contributed by atoms with Crippen LogP contribution < -0.4 is 20.1 Å². The maximum atomic E-state index is 13.8. The molecule has 2 heterocycles. The number of ether oxygens (including phenoxy) is 2. The summed E-state index contributed by atoms with van der Waals surface area (Å²) in [5, 5.41) is 15.1.